The first-order valence-electron chi connectivity index (χ1n) is 9.44. The van der Waals surface area contributed by atoms with E-state index in [1.54, 1.807) is 47.3 Å². The Bertz CT molecular complexity index is 1070. The number of amides is 1. The number of hydrogen-bond donors (Lipinski definition) is 1. The lowest BCUT2D eigenvalue weighted by molar-refractivity contribution is -0.119. The van der Waals surface area contributed by atoms with E-state index >= 15 is 0 Å². The monoisotopic (exact) mass is 406 g/mol. The van der Waals surface area contributed by atoms with Gasteiger partial charge in [0.1, 0.15) is 5.56 Å². The van der Waals surface area contributed by atoms with E-state index in [2.05, 4.69) is 15.4 Å². The summed E-state index contributed by atoms with van der Waals surface area (Å²) >= 11 is 0. The van der Waals surface area contributed by atoms with Crippen molar-refractivity contribution in [1.29, 1.82) is 0 Å². The normalized spacial score (nSPS) is 10.7. The van der Waals surface area contributed by atoms with E-state index in [4.69, 9.17) is 4.74 Å². The fourth-order valence-electron chi connectivity index (χ4n) is 3.03. The maximum Gasteiger partial charge on any atom is 0.342 e. The second-order valence-corrected chi connectivity index (χ2v) is 6.92. The molecule has 0 atom stereocenters. The van der Waals surface area contributed by atoms with Crippen LogP contribution in [0.25, 0.3) is 5.82 Å². The number of nitrogens with zero attached hydrogens (tertiary/aromatic N) is 3. The molecular weight excluding hydrogens is 384 g/mol. The van der Waals surface area contributed by atoms with Crippen LogP contribution in [0.1, 0.15) is 53.1 Å². The van der Waals surface area contributed by atoms with Gasteiger partial charge in [-0.1, -0.05) is 32.0 Å². The fraction of sp³-hybridized carbons (Fsp3) is 0.227. The molecule has 0 bridgehead atoms. The number of benzene rings is 1. The summed E-state index contributed by atoms with van der Waals surface area (Å²) in [5.74, 6) is -0.824. The third-order valence-corrected chi connectivity index (χ3v) is 4.35. The Balaban J connectivity index is 1.72. The predicted octanol–water partition coefficient (Wildman–Crippen LogP) is 3.39. The summed E-state index contributed by atoms with van der Waals surface area (Å²) in [6.45, 7) is 4.78. The summed E-state index contributed by atoms with van der Waals surface area (Å²) in [7, 11) is 0. The van der Waals surface area contributed by atoms with Gasteiger partial charge in [-0.05, 0) is 37.1 Å². The van der Waals surface area contributed by atoms with E-state index in [0.717, 1.165) is 0 Å². The Labute approximate surface area is 173 Å². The zero-order chi connectivity index (χ0) is 21.7. The molecule has 0 spiro atoms. The molecule has 3 aromatic rings. The van der Waals surface area contributed by atoms with Crippen molar-refractivity contribution in [1.82, 2.24) is 14.8 Å². The molecule has 8 heteroatoms. The molecular formula is C22H22N4O4. The van der Waals surface area contributed by atoms with Gasteiger partial charge >= 0.3 is 5.97 Å². The molecule has 1 N–H and O–H groups in total. The van der Waals surface area contributed by atoms with Crippen LogP contribution in [-0.2, 0) is 9.53 Å². The highest BCUT2D eigenvalue weighted by Crippen LogP contribution is 2.23. The molecule has 0 aliphatic rings. The van der Waals surface area contributed by atoms with Crippen LogP contribution < -0.4 is 5.32 Å². The lowest BCUT2D eigenvalue weighted by Gasteiger charge is -2.12. The Kier molecular flexibility index (Phi) is 6.36. The number of rotatable bonds is 7. The number of Topliss-reactive ketones (excluding diaryl/α,β-unsaturated/α-hetero) is 1. The Hall–Kier alpha value is -3.81. The number of carbonyl (C=O) groups excluding carboxylic acids is 3. The lowest BCUT2D eigenvalue weighted by atomic mass is 10.1. The van der Waals surface area contributed by atoms with Gasteiger partial charge in [0.05, 0.1) is 17.6 Å². The van der Waals surface area contributed by atoms with Gasteiger partial charge in [0.2, 0.25) is 0 Å². The summed E-state index contributed by atoms with van der Waals surface area (Å²) in [6.07, 6.45) is 3.05. The van der Waals surface area contributed by atoms with Crippen molar-refractivity contribution in [3.05, 3.63) is 71.7 Å². The van der Waals surface area contributed by atoms with Gasteiger partial charge in [-0.15, -0.1) is 0 Å². The van der Waals surface area contributed by atoms with Gasteiger partial charge in [0.15, 0.2) is 18.2 Å². The van der Waals surface area contributed by atoms with Gasteiger partial charge in [0.25, 0.3) is 5.91 Å². The van der Waals surface area contributed by atoms with Crippen LogP contribution in [0.3, 0.4) is 0 Å². The van der Waals surface area contributed by atoms with Gasteiger partial charge in [-0.2, -0.15) is 5.10 Å². The second kappa shape index (κ2) is 9.13. The van der Waals surface area contributed by atoms with Crippen LogP contribution in [0.5, 0.6) is 0 Å². The number of anilines is 1. The molecule has 0 aliphatic heterocycles. The van der Waals surface area contributed by atoms with E-state index in [0.29, 0.717) is 22.8 Å². The number of ether oxygens (including phenoxy) is 1. The minimum Gasteiger partial charge on any atom is -0.452 e. The number of pyridine rings is 1. The third kappa shape index (κ3) is 4.60. The van der Waals surface area contributed by atoms with Gasteiger partial charge < -0.3 is 10.1 Å². The van der Waals surface area contributed by atoms with Crippen molar-refractivity contribution >= 4 is 23.3 Å². The zero-order valence-corrected chi connectivity index (χ0v) is 17.0. The molecule has 2 aromatic heterocycles. The predicted molar refractivity (Wildman–Crippen MR) is 111 cm³/mol. The molecule has 1 amide bonds. The standard InChI is InChI=1S/C22H22N4O4/c1-14(2)21-17(12-24-26(21)19-10-6-7-11-23-19)22(29)30-13-20(28)25-18-9-5-4-8-16(18)15(3)27/h4-12,14H,13H2,1-3H3,(H,25,28). The largest absolute Gasteiger partial charge is 0.452 e. The molecule has 0 aliphatic carbocycles. The zero-order valence-electron chi connectivity index (χ0n) is 17.0. The topological polar surface area (TPSA) is 103 Å². The van der Waals surface area contributed by atoms with Crippen LogP contribution in [0.2, 0.25) is 0 Å². The molecule has 1 aromatic carbocycles. The van der Waals surface area contributed by atoms with Crippen molar-refractivity contribution in [3.63, 3.8) is 0 Å². The van der Waals surface area contributed by atoms with E-state index in [1.807, 2.05) is 19.9 Å². The number of hydrogen-bond acceptors (Lipinski definition) is 6. The summed E-state index contributed by atoms with van der Waals surface area (Å²) in [5.41, 5.74) is 1.67. The summed E-state index contributed by atoms with van der Waals surface area (Å²) in [5, 5.41) is 6.87. The van der Waals surface area contributed by atoms with Gasteiger partial charge in [-0.3, -0.25) is 9.59 Å². The molecule has 0 unspecified atom stereocenters. The Morgan fingerprint density at radius 2 is 1.80 bits per heavy atom. The van der Waals surface area contributed by atoms with Crippen molar-refractivity contribution in [2.24, 2.45) is 0 Å². The van der Waals surface area contributed by atoms with E-state index in [9.17, 15) is 14.4 Å². The van der Waals surface area contributed by atoms with Crippen LogP contribution in [-0.4, -0.2) is 39.0 Å². The minimum atomic E-state index is -0.657. The van der Waals surface area contributed by atoms with Crippen LogP contribution in [0.4, 0.5) is 5.69 Å². The summed E-state index contributed by atoms with van der Waals surface area (Å²) in [6, 6.07) is 12.0. The Morgan fingerprint density at radius 3 is 2.47 bits per heavy atom. The molecule has 2 heterocycles. The number of carbonyl (C=O) groups is 3. The third-order valence-electron chi connectivity index (χ3n) is 4.35. The van der Waals surface area contributed by atoms with Crippen molar-refractivity contribution in [3.8, 4) is 5.82 Å². The molecule has 3 rings (SSSR count). The molecule has 30 heavy (non-hydrogen) atoms. The summed E-state index contributed by atoms with van der Waals surface area (Å²) in [4.78, 5) is 40.8. The van der Waals surface area contributed by atoms with Crippen LogP contribution >= 0.6 is 0 Å². The highest BCUT2D eigenvalue weighted by Gasteiger charge is 2.23. The SMILES string of the molecule is CC(=O)c1ccccc1NC(=O)COC(=O)c1cnn(-c2ccccn2)c1C(C)C. The molecule has 0 saturated carbocycles. The van der Waals surface area contributed by atoms with E-state index < -0.39 is 18.5 Å². The molecule has 8 nitrogen and oxygen atoms in total. The lowest BCUT2D eigenvalue weighted by Crippen LogP contribution is -2.22. The average Bonchev–Trinajstić information content (AvgIpc) is 3.18. The minimum absolute atomic E-state index is 0.0340. The maximum absolute atomic E-state index is 12.6. The Morgan fingerprint density at radius 1 is 1.07 bits per heavy atom. The first-order valence-corrected chi connectivity index (χ1v) is 9.44. The molecule has 154 valence electrons. The molecule has 0 fully saturated rings. The number of ketones is 1. The second-order valence-electron chi connectivity index (χ2n) is 6.92. The van der Waals surface area contributed by atoms with Crippen molar-refractivity contribution in [2.75, 3.05) is 11.9 Å². The maximum atomic E-state index is 12.6. The highest BCUT2D eigenvalue weighted by molar-refractivity contribution is 6.04. The fourth-order valence-corrected chi connectivity index (χ4v) is 3.03. The first-order chi connectivity index (χ1) is 14.4. The number of para-hydroxylation sites is 1. The van der Waals surface area contributed by atoms with Crippen molar-refractivity contribution < 1.29 is 19.1 Å². The number of aromatic nitrogens is 3. The average molecular weight is 406 g/mol. The van der Waals surface area contributed by atoms with Gasteiger partial charge in [-0.25, -0.2) is 14.5 Å². The first kappa shape index (κ1) is 20.9. The highest BCUT2D eigenvalue weighted by atomic mass is 16.5. The van der Waals surface area contributed by atoms with E-state index in [1.165, 1.54) is 13.1 Å². The number of esters is 1. The molecule has 0 saturated heterocycles. The van der Waals surface area contributed by atoms with Crippen molar-refractivity contribution in [2.45, 2.75) is 26.7 Å². The van der Waals surface area contributed by atoms with Gasteiger partial charge in [0, 0.05) is 11.8 Å². The summed E-state index contributed by atoms with van der Waals surface area (Å²) < 4.78 is 6.78. The smallest absolute Gasteiger partial charge is 0.342 e. The molecule has 0 radical (unpaired) electrons. The quantitative estimate of drug-likeness (QED) is 0.477. The number of nitrogens with one attached hydrogen (secondary N) is 1. The van der Waals surface area contributed by atoms with Crippen LogP contribution in [0.15, 0.2) is 54.9 Å². The van der Waals surface area contributed by atoms with Crippen LogP contribution in [0, 0.1) is 0 Å². The van der Waals surface area contributed by atoms with E-state index in [-0.39, 0.29) is 17.3 Å².